The molecule has 0 heterocycles. The summed E-state index contributed by atoms with van der Waals surface area (Å²) in [4.78, 5) is 0. The molecule has 2 heteroatoms. The van der Waals surface area contributed by atoms with E-state index in [2.05, 4.69) is 72.9 Å². The van der Waals surface area contributed by atoms with Crippen LogP contribution < -0.4 is 0 Å². The summed E-state index contributed by atoms with van der Waals surface area (Å²) in [5.74, 6) is 0. The standard InChI is InChI=1S/3C5H5.2Y/c3*1-2-4-5-3-1;;/h3*1-5H;;. The summed E-state index contributed by atoms with van der Waals surface area (Å²) in [5, 5.41) is 0. The van der Waals surface area contributed by atoms with Crippen molar-refractivity contribution < 1.29 is 60.2 Å². The van der Waals surface area contributed by atoms with Crippen molar-refractivity contribution in [3.8, 4) is 0 Å². The van der Waals surface area contributed by atoms with Gasteiger partial charge in [-0.05, 0) is 0 Å². The number of hydrogen-bond donors (Lipinski definition) is 0. The molecule has 0 aromatic carbocycles. The van der Waals surface area contributed by atoms with E-state index in [0.29, 0.717) is 0 Å². The third kappa shape index (κ3) is 3.15. The first kappa shape index (κ1) is 14.1. The first-order valence-corrected chi connectivity index (χ1v) is 10.9. The Morgan fingerprint density at radius 1 is 0.471 bits per heavy atom. The maximum atomic E-state index is 2.42. The van der Waals surface area contributed by atoms with Crippen molar-refractivity contribution in [2.45, 2.75) is 8.19 Å². The van der Waals surface area contributed by atoms with Gasteiger partial charge < -0.3 is 0 Å². The van der Waals surface area contributed by atoms with Crippen LogP contribution in [0.2, 0.25) is 8.19 Å². The average molecular weight is 373 g/mol. The molecule has 0 amide bonds. The smallest absolute Gasteiger partial charge is 0 e. The Hall–Kier alpha value is 0.648. The molecule has 0 fully saturated rings. The van der Waals surface area contributed by atoms with E-state index in [1.807, 2.05) is 0 Å². The van der Waals surface area contributed by atoms with E-state index in [0.717, 1.165) is 8.19 Å². The quantitative estimate of drug-likeness (QED) is 0.691. The van der Waals surface area contributed by atoms with Gasteiger partial charge in [0.2, 0.25) is 0 Å². The van der Waals surface area contributed by atoms with Gasteiger partial charge in [0.15, 0.2) is 0 Å². The normalized spacial score (nSPS) is 21.9. The first-order valence-electron chi connectivity index (χ1n) is 6.00. The van der Waals surface area contributed by atoms with Crippen LogP contribution in [0.3, 0.4) is 0 Å². The van der Waals surface area contributed by atoms with Crippen LogP contribution in [0.1, 0.15) is 0 Å². The molecule has 0 spiro atoms. The summed E-state index contributed by atoms with van der Waals surface area (Å²) in [7, 11) is 0. The minimum absolute atomic E-state index is 0. The van der Waals surface area contributed by atoms with Gasteiger partial charge in [-0.25, -0.2) is 0 Å². The van der Waals surface area contributed by atoms with Crippen LogP contribution in [0.4, 0.5) is 0 Å². The van der Waals surface area contributed by atoms with Crippen molar-refractivity contribution in [3.05, 3.63) is 72.9 Å². The maximum absolute atomic E-state index is 2.42. The molecule has 3 aliphatic rings. The summed E-state index contributed by atoms with van der Waals surface area (Å²) in [6.07, 6.45) is 27.8. The van der Waals surface area contributed by atoms with Crippen molar-refractivity contribution in [2.24, 2.45) is 0 Å². The molecule has 0 bridgehead atoms. The Kier molecular flexibility index (Phi) is 5.55. The van der Waals surface area contributed by atoms with E-state index in [4.69, 9.17) is 0 Å². The zero-order valence-corrected chi connectivity index (χ0v) is 15.5. The minimum atomic E-state index is -1.71. The Labute approximate surface area is 139 Å². The zero-order valence-electron chi connectivity index (χ0n) is 9.81. The fraction of sp³-hybridized carbons (Fsp3) is 0.200. The first-order chi connectivity index (χ1) is 7.95. The van der Waals surface area contributed by atoms with Crippen molar-refractivity contribution >= 4 is 0 Å². The number of hydrogen-bond acceptors (Lipinski definition) is 0. The second-order valence-electron chi connectivity index (χ2n) is 4.62. The van der Waals surface area contributed by atoms with Crippen LogP contribution in [-0.4, -0.2) is 0 Å². The van der Waals surface area contributed by atoms with Gasteiger partial charge in [0.05, 0.1) is 0 Å². The Balaban J connectivity index is 0.00000108. The Morgan fingerprint density at radius 3 is 0.941 bits per heavy atom. The molecule has 0 aliphatic heterocycles. The van der Waals surface area contributed by atoms with Gasteiger partial charge >= 0.3 is 109 Å². The van der Waals surface area contributed by atoms with E-state index in [1.54, 1.807) is 0 Å². The third-order valence-electron chi connectivity index (χ3n) is 3.67. The Bertz CT molecular complexity index is 335. The van der Waals surface area contributed by atoms with Gasteiger partial charge in [0.1, 0.15) is 0 Å². The molecule has 3 aliphatic carbocycles. The van der Waals surface area contributed by atoms with Gasteiger partial charge in [-0.15, -0.1) is 0 Å². The van der Waals surface area contributed by atoms with Crippen LogP contribution in [0.25, 0.3) is 0 Å². The molecule has 0 saturated carbocycles. The summed E-state index contributed by atoms with van der Waals surface area (Å²) in [5.41, 5.74) is 0. The average Bonchev–Trinajstić information content (AvgIpc) is 3.02. The topological polar surface area (TPSA) is 0 Å². The van der Waals surface area contributed by atoms with Gasteiger partial charge in [0.25, 0.3) is 0 Å². The van der Waals surface area contributed by atoms with Crippen LogP contribution in [-0.2, 0) is 60.2 Å². The molecule has 81 valence electrons. The molecule has 1 radical (unpaired) electrons. The molecule has 0 nitrogen and oxygen atoms in total. The van der Waals surface area contributed by atoms with Crippen molar-refractivity contribution in [1.29, 1.82) is 0 Å². The molecular formula is C15H15Y2. The van der Waals surface area contributed by atoms with E-state index in [1.165, 1.54) is 0 Å². The summed E-state index contributed by atoms with van der Waals surface area (Å²) >= 11 is -1.71. The molecule has 0 aromatic rings. The van der Waals surface area contributed by atoms with Gasteiger partial charge in [0, 0.05) is 32.7 Å². The minimum Gasteiger partial charge on any atom is 0 e. The van der Waals surface area contributed by atoms with Crippen LogP contribution in [0.5, 0.6) is 0 Å². The Morgan fingerprint density at radius 2 is 0.706 bits per heavy atom. The zero-order chi connectivity index (χ0) is 10.8. The van der Waals surface area contributed by atoms with Crippen LogP contribution in [0, 0.1) is 0 Å². The number of rotatable bonds is 3. The van der Waals surface area contributed by atoms with Gasteiger partial charge in [-0.1, -0.05) is 0 Å². The van der Waals surface area contributed by atoms with E-state index >= 15 is 0 Å². The van der Waals surface area contributed by atoms with Crippen molar-refractivity contribution in [3.63, 3.8) is 0 Å². The van der Waals surface area contributed by atoms with Crippen LogP contribution >= 0.6 is 0 Å². The molecule has 0 N–H and O–H groups in total. The summed E-state index contributed by atoms with van der Waals surface area (Å²) in [6.45, 7) is 0. The summed E-state index contributed by atoms with van der Waals surface area (Å²) in [6, 6.07) is 0. The molecule has 0 aromatic heterocycles. The van der Waals surface area contributed by atoms with Gasteiger partial charge in [-0.2, -0.15) is 0 Å². The van der Waals surface area contributed by atoms with E-state index < -0.39 is 27.4 Å². The maximum Gasteiger partial charge on any atom is 0 e. The molecule has 0 unspecified atom stereocenters. The molecule has 17 heavy (non-hydrogen) atoms. The van der Waals surface area contributed by atoms with E-state index in [-0.39, 0.29) is 32.7 Å². The van der Waals surface area contributed by atoms with Crippen molar-refractivity contribution in [2.75, 3.05) is 0 Å². The third-order valence-corrected chi connectivity index (χ3v) is 13.5. The monoisotopic (exact) mass is 373 g/mol. The summed E-state index contributed by atoms with van der Waals surface area (Å²) < 4.78 is 2.37. The predicted molar refractivity (Wildman–Crippen MR) is 66.1 cm³/mol. The van der Waals surface area contributed by atoms with Crippen LogP contribution in [0.15, 0.2) is 72.9 Å². The molecule has 3 rings (SSSR count). The predicted octanol–water partition coefficient (Wildman–Crippen LogP) is 4.35. The largest absolute Gasteiger partial charge is 0 e. The second kappa shape index (κ2) is 6.71. The molecule has 0 saturated heterocycles. The fourth-order valence-corrected chi connectivity index (χ4v) is 12.3. The SMILES string of the molecule is C1=C[CH]([Y]([CH]2C=CC=C2)[CH]2C=CC=C2)C=C1.[Y]. The van der Waals surface area contributed by atoms with Crippen molar-refractivity contribution in [1.82, 2.24) is 0 Å². The second-order valence-corrected chi connectivity index (χ2v) is 13.1. The molecule has 0 atom stereocenters. The van der Waals surface area contributed by atoms with E-state index in [9.17, 15) is 0 Å². The molecular weight excluding hydrogens is 358 g/mol. The number of allylic oxidation sites excluding steroid dienone is 12. The van der Waals surface area contributed by atoms with Gasteiger partial charge in [-0.3, -0.25) is 0 Å². The fourth-order valence-electron chi connectivity index (χ4n) is 2.89.